The Morgan fingerprint density at radius 3 is 1.65 bits per heavy atom. The third-order valence-electron chi connectivity index (χ3n) is 4.21. The van der Waals surface area contributed by atoms with E-state index in [-0.39, 0.29) is 11.8 Å². The first-order chi connectivity index (χ1) is 12.2. The van der Waals surface area contributed by atoms with Crippen LogP contribution in [-0.4, -0.2) is 37.5 Å². The number of rotatable bonds is 15. The molecular formula is C21H43N3O2. The minimum atomic E-state index is 0.123. The fourth-order valence-corrected chi connectivity index (χ4v) is 2.62. The van der Waals surface area contributed by atoms with Crippen LogP contribution in [0.15, 0.2) is 0 Å². The molecule has 0 bridgehead atoms. The van der Waals surface area contributed by atoms with Crippen molar-refractivity contribution in [3.8, 4) is 0 Å². The van der Waals surface area contributed by atoms with Crippen LogP contribution in [0.25, 0.3) is 0 Å². The van der Waals surface area contributed by atoms with Crippen molar-refractivity contribution >= 4 is 11.8 Å². The van der Waals surface area contributed by atoms with Crippen LogP contribution in [-0.2, 0) is 9.59 Å². The molecule has 0 aromatic heterocycles. The van der Waals surface area contributed by atoms with E-state index in [4.69, 9.17) is 0 Å². The number of carbonyl (C=O) groups excluding carboxylic acids is 2. The summed E-state index contributed by atoms with van der Waals surface area (Å²) in [7, 11) is 0. The van der Waals surface area contributed by atoms with Gasteiger partial charge in [0.15, 0.2) is 0 Å². The smallest absolute Gasteiger partial charge is 0.219 e. The molecular weight excluding hydrogens is 326 g/mol. The van der Waals surface area contributed by atoms with Gasteiger partial charge in [-0.25, -0.2) is 0 Å². The molecule has 0 heterocycles. The molecule has 2 amide bonds. The van der Waals surface area contributed by atoms with Crippen molar-refractivity contribution in [3.05, 3.63) is 0 Å². The van der Waals surface area contributed by atoms with Gasteiger partial charge in [-0.2, -0.15) is 0 Å². The van der Waals surface area contributed by atoms with Crippen LogP contribution in [0.2, 0.25) is 0 Å². The topological polar surface area (TPSA) is 70.2 Å². The van der Waals surface area contributed by atoms with Gasteiger partial charge >= 0.3 is 0 Å². The van der Waals surface area contributed by atoms with Gasteiger partial charge in [-0.1, -0.05) is 41.0 Å². The van der Waals surface area contributed by atoms with Crippen LogP contribution in [0, 0.1) is 5.41 Å². The highest BCUT2D eigenvalue weighted by atomic mass is 16.2. The zero-order valence-electron chi connectivity index (χ0n) is 17.9. The van der Waals surface area contributed by atoms with E-state index in [1.54, 1.807) is 0 Å². The quantitative estimate of drug-likeness (QED) is 0.385. The van der Waals surface area contributed by atoms with Crippen molar-refractivity contribution in [1.29, 1.82) is 0 Å². The third-order valence-corrected chi connectivity index (χ3v) is 4.21. The predicted molar refractivity (Wildman–Crippen MR) is 110 cm³/mol. The van der Waals surface area contributed by atoms with Gasteiger partial charge in [0.05, 0.1) is 0 Å². The van der Waals surface area contributed by atoms with E-state index >= 15 is 0 Å². The summed E-state index contributed by atoms with van der Waals surface area (Å²) in [6, 6.07) is 0.504. The molecule has 0 unspecified atom stereocenters. The summed E-state index contributed by atoms with van der Waals surface area (Å²) >= 11 is 0. The molecule has 0 aliphatic rings. The summed E-state index contributed by atoms with van der Waals surface area (Å²) in [6.07, 6.45) is 8.17. The lowest BCUT2D eigenvalue weighted by molar-refractivity contribution is -0.121. The Hall–Kier alpha value is -1.10. The van der Waals surface area contributed by atoms with E-state index in [9.17, 15) is 9.59 Å². The minimum absolute atomic E-state index is 0.123. The van der Waals surface area contributed by atoms with Gasteiger partial charge in [-0.3, -0.25) is 9.59 Å². The number of hydrogen-bond acceptors (Lipinski definition) is 3. The van der Waals surface area contributed by atoms with Gasteiger partial charge < -0.3 is 16.0 Å². The second kappa shape index (κ2) is 15.0. The largest absolute Gasteiger partial charge is 0.356 e. The maximum atomic E-state index is 11.7. The van der Waals surface area contributed by atoms with Gasteiger partial charge in [-0.05, 0) is 50.5 Å². The lowest BCUT2D eigenvalue weighted by atomic mass is 9.90. The van der Waals surface area contributed by atoms with E-state index in [0.717, 1.165) is 51.6 Å². The molecule has 0 fully saturated rings. The van der Waals surface area contributed by atoms with Crippen molar-refractivity contribution in [3.63, 3.8) is 0 Å². The van der Waals surface area contributed by atoms with Gasteiger partial charge in [0, 0.05) is 32.0 Å². The van der Waals surface area contributed by atoms with Crippen molar-refractivity contribution < 1.29 is 9.59 Å². The van der Waals surface area contributed by atoms with Gasteiger partial charge in [-0.15, -0.1) is 0 Å². The summed E-state index contributed by atoms with van der Waals surface area (Å²) in [5, 5.41) is 9.27. The first-order valence-corrected chi connectivity index (χ1v) is 10.5. The normalized spacial score (nSPS) is 11.6. The van der Waals surface area contributed by atoms with Crippen LogP contribution in [0.3, 0.4) is 0 Å². The second-order valence-corrected chi connectivity index (χ2v) is 8.74. The standard InChI is InChI=1S/C21H43N3O2/c1-18(2)22-15-9-6-12-19(25)23-16-10-7-13-20(26)24-17-11-8-14-21(3,4)5/h18,22H,6-17H2,1-5H3,(H,23,25)(H,24,26). The summed E-state index contributed by atoms with van der Waals surface area (Å²) in [5.41, 5.74) is 0.374. The monoisotopic (exact) mass is 369 g/mol. The molecule has 5 heteroatoms. The van der Waals surface area contributed by atoms with Crippen LogP contribution < -0.4 is 16.0 Å². The second-order valence-electron chi connectivity index (χ2n) is 8.74. The molecule has 0 rings (SSSR count). The molecule has 0 radical (unpaired) electrons. The number of nitrogens with one attached hydrogen (secondary N) is 3. The Balaban J connectivity index is 3.40. The molecule has 0 atom stereocenters. The first-order valence-electron chi connectivity index (χ1n) is 10.5. The van der Waals surface area contributed by atoms with Crippen LogP contribution >= 0.6 is 0 Å². The Morgan fingerprint density at radius 2 is 1.19 bits per heavy atom. The summed E-state index contributed by atoms with van der Waals surface area (Å²) in [5.74, 6) is 0.252. The summed E-state index contributed by atoms with van der Waals surface area (Å²) < 4.78 is 0. The molecule has 5 nitrogen and oxygen atoms in total. The maximum absolute atomic E-state index is 11.7. The molecule has 0 aromatic rings. The minimum Gasteiger partial charge on any atom is -0.356 e. The van der Waals surface area contributed by atoms with Crippen molar-refractivity contribution in [1.82, 2.24) is 16.0 Å². The van der Waals surface area contributed by atoms with E-state index in [0.29, 0.717) is 30.8 Å². The van der Waals surface area contributed by atoms with Gasteiger partial charge in [0.25, 0.3) is 0 Å². The predicted octanol–water partition coefficient (Wildman–Crippen LogP) is 3.77. The molecule has 0 saturated heterocycles. The number of amides is 2. The Bertz CT molecular complexity index is 376. The number of unbranched alkanes of at least 4 members (excludes halogenated alkanes) is 3. The summed E-state index contributed by atoms with van der Waals surface area (Å²) in [6.45, 7) is 13.4. The van der Waals surface area contributed by atoms with Crippen LogP contribution in [0.1, 0.15) is 92.4 Å². The molecule has 154 valence electrons. The zero-order chi connectivity index (χ0) is 19.8. The average molecular weight is 370 g/mol. The van der Waals surface area contributed by atoms with E-state index in [1.807, 2.05) is 0 Å². The average Bonchev–Trinajstić information content (AvgIpc) is 2.52. The summed E-state index contributed by atoms with van der Waals surface area (Å²) in [4.78, 5) is 23.4. The van der Waals surface area contributed by atoms with Crippen molar-refractivity contribution in [2.45, 2.75) is 98.4 Å². The Morgan fingerprint density at radius 1 is 0.731 bits per heavy atom. The van der Waals surface area contributed by atoms with Crippen LogP contribution in [0.4, 0.5) is 0 Å². The molecule has 0 aromatic carbocycles. The maximum Gasteiger partial charge on any atom is 0.219 e. The molecule has 0 aliphatic heterocycles. The zero-order valence-corrected chi connectivity index (χ0v) is 17.9. The number of hydrogen-bond donors (Lipinski definition) is 3. The highest BCUT2D eigenvalue weighted by Gasteiger charge is 2.09. The van der Waals surface area contributed by atoms with Crippen LogP contribution in [0.5, 0.6) is 0 Å². The first kappa shape index (κ1) is 24.9. The molecule has 26 heavy (non-hydrogen) atoms. The van der Waals surface area contributed by atoms with E-state index in [1.165, 1.54) is 6.42 Å². The lowest BCUT2D eigenvalue weighted by Crippen LogP contribution is -2.26. The number of carbonyl (C=O) groups is 2. The molecule has 0 aliphatic carbocycles. The van der Waals surface area contributed by atoms with Gasteiger partial charge in [0.1, 0.15) is 0 Å². The molecule has 0 spiro atoms. The highest BCUT2D eigenvalue weighted by molar-refractivity contribution is 5.76. The fraction of sp³-hybridized carbons (Fsp3) is 0.905. The van der Waals surface area contributed by atoms with Crippen molar-refractivity contribution in [2.24, 2.45) is 5.41 Å². The van der Waals surface area contributed by atoms with Gasteiger partial charge in [0.2, 0.25) is 11.8 Å². The highest BCUT2D eigenvalue weighted by Crippen LogP contribution is 2.21. The fourth-order valence-electron chi connectivity index (χ4n) is 2.62. The molecule has 0 saturated carbocycles. The van der Waals surface area contributed by atoms with E-state index < -0.39 is 0 Å². The molecule has 3 N–H and O–H groups in total. The Labute approximate surface area is 161 Å². The van der Waals surface area contributed by atoms with Crippen molar-refractivity contribution in [2.75, 3.05) is 19.6 Å². The Kier molecular flexibility index (Phi) is 14.4. The third kappa shape index (κ3) is 19.2. The van der Waals surface area contributed by atoms with E-state index in [2.05, 4.69) is 50.6 Å². The lowest BCUT2D eigenvalue weighted by Gasteiger charge is -2.17. The SMILES string of the molecule is CC(C)NCCCCC(=O)NCCCCC(=O)NCCCCC(C)(C)C.